The minimum absolute atomic E-state index is 0.0758. The SMILES string of the molecule is CN1CCN(C(=O)c2cc(-c3cc(C(F)(F)F)cc4c3C=NC4)c[nH]c2=O)CC1. The lowest BCUT2D eigenvalue weighted by molar-refractivity contribution is -0.137. The molecule has 1 fully saturated rings. The van der Waals surface area contributed by atoms with Crippen LogP contribution < -0.4 is 5.56 Å². The summed E-state index contributed by atoms with van der Waals surface area (Å²) >= 11 is 0. The monoisotopic (exact) mass is 404 g/mol. The number of alkyl halides is 3. The number of nitrogens with zero attached hydrogens (tertiary/aromatic N) is 3. The molecule has 29 heavy (non-hydrogen) atoms. The van der Waals surface area contributed by atoms with Crippen LogP contribution in [-0.4, -0.2) is 60.1 Å². The number of pyridine rings is 1. The van der Waals surface area contributed by atoms with Crippen molar-refractivity contribution in [2.24, 2.45) is 4.99 Å². The number of fused-ring (bicyclic) bond motifs is 1. The summed E-state index contributed by atoms with van der Waals surface area (Å²) in [6.45, 7) is 2.54. The number of aromatic amines is 1. The van der Waals surface area contributed by atoms with E-state index in [1.165, 1.54) is 18.5 Å². The Hall–Kier alpha value is -2.94. The van der Waals surface area contributed by atoms with E-state index >= 15 is 0 Å². The molecule has 0 saturated carbocycles. The Balaban J connectivity index is 1.77. The third-order valence-electron chi connectivity index (χ3n) is 5.31. The quantitative estimate of drug-likeness (QED) is 0.836. The summed E-state index contributed by atoms with van der Waals surface area (Å²) in [5.41, 5.74) is 0.256. The average molecular weight is 404 g/mol. The van der Waals surface area contributed by atoms with Gasteiger partial charge in [0, 0.05) is 44.2 Å². The molecule has 4 rings (SSSR count). The summed E-state index contributed by atoms with van der Waals surface area (Å²) < 4.78 is 40.0. The van der Waals surface area contributed by atoms with Gasteiger partial charge in [0.2, 0.25) is 0 Å². The number of halogens is 3. The van der Waals surface area contributed by atoms with Crippen LogP contribution in [-0.2, 0) is 12.7 Å². The standard InChI is InChI=1S/C20H19F3N4O2/c1-26-2-4-27(5-3-26)19(29)16-7-13(10-25-18(16)28)15-8-14(20(21,22)23)6-12-9-24-11-17(12)15/h6-8,10-11H,2-5,9H2,1H3,(H,25,28). The van der Waals surface area contributed by atoms with Crippen LogP contribution in [0, 0.1) is 0 Å². The van der Waals surface area contributed by atoms with Gasteiger partial charge in [-0.2, -0.15) is 13.2 Å². The van der Waals surface area contributed by atoms with Gasteiger partial charge in [-0.1, -0.05) is 0 Å². The van der Waals surface area contributed by atoms with Crippen molar-refractivity contribution in [2.75, 3.05) is 33.2 Å². The number of piperazine rings is 1. The van der Waals surface area contributed by atoms with Gasteiger partial charge in [-0.15, -0.1) is 0 Å². The number of benzene rings is 1. The second kappa shape index (κ2) is 7.14. The van der Waals surface area contributed by atoms with Gasteiger partial charge in [0.1, 0.15) is 5.56 Å². The number of nitrogens with one attached hydrogen (secondary N) is 1. The van der Waals surface area contributed by atoms with Gasteiger partial charge >= 0.3 is 6.18 Å². The van der Waals surface area contributed by atoms with Gasteiger partial charge in [0.25, 0.3) is 11.5 Å². The van der Waals surface area contributed by atoms with Crippen molar-refractivity contribution < 1.29 is 18.0 Å². The molecule has 0 unspecified atom stereocenters. The Morgan fingerprint density at radius 2 is 1.86 bits per heavy atom. The zero-order chi connectivity index (χ0) is 20.8. The Morgan fingerprint density at radius 1 is 1.14 bits per heavy atom. The first-order valence-electron chi connectivity index (χ1n) is 9.19. The normalized spacial score (nSPS) is 16.9. The van der Waals surface area contributed by atoms with E-state index in [-0.39, 0.29) is 12.1 Å². The van der Waals surface area contributed by atoms with Crippen molar-refractivity contribution >= 4 is 12.1 Å². The highest BCUT2D eigenvalue weighted by Crippen LogP contribution is 2.37. The van der Waals surface area contributed by atoms with Crippen molar-refractivity contribution in [3.63, 3.8) is 0 Å². The summed E-state index contributed by atoms with van der Waals surface area (Å²) in [6.07, 6.45) is -1.64. The molecule has 2 aliphatic rings. The molecule has 3 heterocycles. The Bertz CT molecular complexity index is 1050. The second-order valence-corrected chi connectivity index (χ2v) is 7.29. The summed E-state index contributed by atoms with van der Waals surface area (Å²) in [7, 11) is 1.95. The fourth-order valence-corrected chi connectivity index (χ4v) is 3.61. The smallest absolute Gasteiger partial charge is 0.336 e. The van der Waals surface area contributed by atoms with Crippen molar-refractivity contribution in [3.8, 4) is 11.1 Å². The fourth-order valence-electron chi connectivity index (χ4n) is 3.61. The number of aromatic nitrogens is 1. The number of carbonyl (C=O) groups is 1. The Morgan fingerprint density at radius 3 is 2.55 bits per heavy atom. The summed E-state index contributed by atoms with van der Waals surface area (Å²) in [5.74, 6) is -0.418. The first-order chi connectivity index (χ1) is 13.7. The molecule has 0 radical (unpaired) electrons. The van der Waals surface area contributed by atoms with E-state index in [1.54, 1.807) is 4.90 Å². The molecular formula is C20H19F3N4O2. The Kier molecular flexibility index (Phi) is 4.77. The van der Waals surface area contributed by atoms with Gasteiger partial charge in [-0.05, 0) is 41.9 Å². The molecule has 152 valence electrons. The molecule has 9 heteroatoms. The summed E-state index contributed by atoms with van der Waals surface area (Å²) in [4.78, 5) is 35.4. The molecule has 1 N–H and O–H groups in total. The minimum atomic E-state index is -4.51. The van der Waals surface area contributed by atoms with Crippen LogP contribution in [0.3, 0.4) is 0 Å². The van der Waals surface area contributed by atoms with Gasteiger partial charge in [0.05, 0.1) is 12.1 Å². The van der Waals surface area contributed by atoms with Gasteiger partial charge in [-0.25, -0.2) is 0 Å². The predicted molar refractivity (Wildman–Crippen MR) is 102 cm³/mol. The number of hydrogen-bond acceptors (Lipinski definition) is 4. The van der Waals surface area contributed by atoms with Crippen LogP contribution in [0.4, 0.5) is 13.2 Å². The van der Waals surface area contributed by atoms with Gasteiger partial charge in [-0.3, -0.25) is 14.6 Å². The van der Waals surface area contributed by atoms with Crippen LogP contribution in [0.25, 0.3) is 11.1 Å². The molecule has 0 bridgehead atoms. The number of likely N-dealkylation sites (N-methyl/N-ethyl adjacent to an activating group) is 1. The minimum Gasteiger partial charge on any atom is -0.336 e. The number of hydrogen-bond donors (Lipinski definition) is 1. The third-order valence-corrected chi connectivity index (χ3v) is 5.31. The van der Waals surface area contributed by atoms with Crippen LogP contribution in [0.2, 0.25) is 0 Å². The van der Waals surface area contributed by atoms with E-state index in [2.05, 4.69) is 14.9 Å². The summed E-state index contributed by atoms with van der Waals surface area (Å²) in [6, 6.07) is 3.50. The van der Waals surface area contributed by atoms with Crippen molar-refractivity contribution in [2.45, 2.75) is 12.7 Å². The maximum atomic E-state index is 13.3. The average Bonchev–Trinajstić information content (AvgIpc) is 3.16. The largest absolute Gasteiger partial charge is 0.416 e. The first-order valence-corrected chi connectivity index (χ1v) is 9.19. The molecule has 1 amide bonds. The molecule has 0 spiro atoms. The van der Waals surface area contributed by atoms with E-state index in [0.717, 1.165) is 12.1 Å². The lowest BCUT2D eigenvalue weighted by Gasteiger charge is -2.32. The molecule has 2 aromatic rings. The van der Waals surface area contributed by atoms with E-state index < -0.39 is 23.2 Å². The van der Waals surface area contributed by atoms with Crippen LogP contribution in [0.5, 0.6) is 0 Å². The van der Waals surface area contributed by atoms with E-state index in [9.17, 15) is 22.8 Å². The molecular weight excluding hydrogens is 385 g/mol. The number of aliphatic imine (C=N–C) groups is 1. The molecule has 6 nitrogen and oxygen atoms in total. The Labute approximate surface area is 164 Å². The maximum Gasteiger partial charge on any atom is 0.416 e. The zero-order valence-corrected chi connectivity index (χ0v) is 15.7. The molecule has 1 aromatic heterocycles. The van der Waals surface area contributed by atoms with E-state index in [4.69, 9.17) is 0 Å². The molecule has 0 aliphatic carbocycles. The molecule has 1 aromatic carbocycles. The molecule has 2 aliphatic heterocycles. The fraction of sp³-hybridized carbons (Fsp3) is 0.350. The van der Waals surface area contributed by atoms with Crippen molar-refractivity contribution in [3.05, 3.63) is 57.0 Å². The second-order valence-electron chi connectivity index (χ2n) is 7.29. The highest BCUT2D eigenvalue weighted by Gasteiger charge is 2.33. The van der Waals surface area contributed by atoms with Crippen LogP contribution >= 0.6 is 0 Å². The highest BCUT2D eigenvalue weighted by atomic mass is 19.4. The number of carbonyl (C=O) groups excluding carboxylic acids is 1. The third kappa shape index (κ3) is 3.69. The van der Waals surface area contributed by atoms with Gasteiger partial charge < -0.3 is 14.8 Å². The van der Waals surface area contributed by atoms with E-state index in [1.807, 2.05) is 7.05 Å². The van der Waals surface area contributed by atoms with Crippen LogP contribution in [0.15, 0.2) is 34.2 Å². The van der Waals surface area contributed by atoms with Crippen LogP contribution in [0.1, 0.15) is 27.0 Å². The zero-order valence-electron chi connectivity index (χ0n) is 15.7. The molecule has 0 atom stereocenters. The van der Waals surface area contributed by atoms with Gasteiger partial charge in [0.15, 0.2) is 0 Å². The summed E-state index contributed by atoms with van der Waals surface area (Å²) in [5, 5.41) is 0. The number of rotatable bonds is 2. The number of H-pyrrole nitrogens is 1. The number of amides is 1. The van der Waals surface area contributed by atoms with Crippen molar-refractivity contribution in [1.29, 1.82) is 0 Å². The van der Waals surface area contributed by atoms with Crippen molar-refractivity contribution in [1.82, 2.24) is 14.8 Å². The maximum absolute atomic E-state index is 13.3. The topological polar surface area (TPSA) is 68.8 Å². The predicted octanol–water partition coefficient (Wildman–Crippen LogP) is 2.38. The first kappa shape index (κ1) is 19.4. The lowest BCUT2D eigenvalue weighted by Crippen LogP contribution is -2.48. The molecule has 1 saturated heterocycles. The highest BCUT2D eigenvalue weighted by molar-refractivity contribution is 5.98. The lowest BCUT2D eigenvalue weighted by atomic mass is 9.94. The van der Waals surface area contributed by atoms with E-state index in [0.29, 0.717) is 48.4 Å².